The highest BCUT2D eigenvalue weighted by molar-refractivity contribution is 8.01. The number of anilines is 2. The molecular weight excluding hydrogens is 592 g/mol. The molecule has 3 aromatic rings. The molecule has 2 heterocycles. The molecular formula is C30H29ClN6O3S2. The monoisotopic (exact) mass is 620 g/mol. The molecule has 5 rings (SSSR count). The number of nitriles is 1. The highest BCUT2D eigenvalue weighted by atomic mass is 35.5. The number of nitrogens with one attached hydrogen (secondary N) is 1. The van der Waals surface area contributed by atoms with Crippen molar-refractivity contribution in [1.29, 1.82) is 5.26 Å². The van der Waals surface area contributed by atoms with Gasteiger partial charge in [-0.3, -0.25) is 14.5 Å². The fourth-order valence-electron chi connectivity index (χ4n) is 5.22. The van der Waals surface area contributed by atoms with Gasteiger partial charge in [-0.25, -0.2) is 0 Å². The summed E-state index contributed by atoms with van der Waals surface area (Å²) in [5.41, 5.74) is 9.24. The maximum atomic E-state index is 13.7. The molecule has 1 aliphatic carbocycles. The Morgan fingerprint density at radius 3 is 2.71 bits per heavy atom. The Morgan fingerprint density at radius 1 is 1.26 bits per heavy atom. The molecule has 0 radical (unpaired) electrons. The normalized spacial score (nSPS) is 18.0. The molecule has 1 atom stereocenters. The first kappa shape index (κ1) is 29.6. The fraction of sp³-hybridized carbons (Fsp3) is 0.300. The van der Waals surface area contributed by atoms with Gasteiger partial charge in [-0.2, -0.15) is 5.26 Å². The van der Waals surface area contributed by atoms with Crippen LogP contribution in [0.4, 0.5) is 10.8 Å². The van der Waals surface area contributed by atoms with Gasteiger partial charge in [0, 0.05) is 28.4 Å². The van der Waals surface area contributed by atoms with Crippen LogP contribution in [0.3, 0.4) is 0 Å². The van der Waals surface area contributed by atoms with Crippen LogP contribution in [0.25, 0.3) is 0 Å². The number of carbonyl (C=O) groups excluding carboxylic acids is 2. The maximum Gasteiger partial charge on any atom is 0.234 e. The molecule has 0 saturated heterocycles. The number of nitrogens with zero attached hydrogens (tertiary/aromatic N) is 4. The van der Waals surface area contributed by atoms with E-state index in [2.05, 4.69) is 21.6 Å². The molecule has 42 heavy (non-hydrogen) atoms. The van der Waals surface area contributed by atoms with Crippen LogP contribution in [0.2, 0.25) is 5.02 Å². The van der Waals surface area contributed by atoms with Crippen molar-refractivity contribution in [3.8, 4) is 11.8 Å². The van der Waals surface area contributed by atoms with Crippen molar-refractivity contribution in [3.63, 3.8) is 0 Å². The second kappa shape index (κ2) is 12.2. The van der Waals surface area contributed by atoms with Crippen LogP contribution in [0.15, 0.2) is 75.5 Å². The Hall–Kier alpha value is -3.85. The summed E-state index contributed by atoms with van der Waals surface area (Å²) in [4.78, 5) is 27.9. The van der Waals surface area contributed by atoms with Crippen molar-refractivity contribution in [2.45, 2.75) is 43.9 Å². The van der Waals surface area contributed by atoms with Crippen LogP contribution in [0.5, 0.6) is 5.75 Å². The SMILES string of the molecule is CCOc1ccc(NC(=O)CSc2nnc(N3C(N)=C(C#N)C(c4cccc(Cl)c4)C4=C3CC(C)(C)CC4=O)s2)cc1. The van der Waals surface area contributed by atoms with E-state index in [0.717, 1.165) is 11.3 Å². The number of hydrogen-bond acceptors (Lipinski definition) is 10. The van der Waals surface area contributed by atoms with Gasteiger partial charge in [-0.05, 0) is 60.7 Å². The number of hydrogen-bond donors (Lipinski definition) is 2. The first-order valence-electron chi connectivity index (χ1n) is 13.3. The topological polar surface area (TPSA) is 134 Å². The molecule has 0 spiro atoms. The molecule has 1 amide bonds. The number of rotatable bonds is 8. The zero-order chi connectivity index (χ0) is 30.0. The number of ketones is 1. The van der Waals surface area contributed by atoms with Gasteiger partial charge in [0.1, 0.15) is 11.6 Å². The molecule has 2 aliphatic rings. The smallest absolute Gasteiger partial charge is 0.234 e. The van der Waals surface area contributed by atoms with Gasteiger partial charge in [0.25, 0.3) is 0 Å². The summed E-state index contributed by atoms with van der Waals surface area (Å²) in [5.74, 6) is 0.189. The molecule has 216 valence electrons. The van der Waals surface area contributed by atoms with Crippen LogP contribution in [-0.2, 0) is 9.59 Å². The third kappa shape index (κ3) is 6.16. The summed E-state index contributed by atoms with van der Waals surface area (Å²) in [7, 11) is 0. The predicted molar refractivity (Wildman–Crippen MR) is 165 cm³/mol. The van der Waals surface area contributed by atoms with Crippen molar-refractivity contribution in [2.24, 2.45) is 11.1 Å². The zero-order valence-electron chi connectivity index (χ0n) is 23.3. The van der Waals surface area contributed by atoms with E-state index in [0.29, 0.717) is 50.9 Å². The van der Waals surface area contributed by atoms with E-state index >= 15 is 0 Å². The molecule has 9 nitrogen and oxygen atoms in total. The highest BCUT2D eigenvalue weighted by Crippen LogP contribution is 2.51. The molecule has 1 unspecified atom stereocenters. The van der Waals surface area contributed by atoms with E-state index < -0.39 is 5.92 Å². The summed E-state index contributed by atoms with van der Waals surface area (Å²) in [6, 6.07) is 16.6. The lowest BCUT2D eigenvalue weighted by atomic mass is 9.69. The Morgan fingerprint density at radius 2 is 2.02 bits per heavy atom. The summed E-state index contributed by atoms with van der Waals surface area (Å²) in [6.07, 6.45) is 0.896. The molecule has 0 saturated carbocycles. The molecule has 1 aromatic heterocycles. The Kier molecular flexibility index (Phi) is 8.59. The van der Waals surface area contributed by atoms with Crippen LogP contribution in [-0.4, -0.2) is 34.2 Å². The predicted octanol–water partition coefficient (Wildman–Crippen LogP) is 6.26. The fourth-order valence-corrected chi connectivity index (χ4v) is 7.10. The van der Waals surface area contributed by atoms with Gasteiger partial charge in [-0.1, -0.05) is 60.7 Å². The minimum Gasteiger partial charge on any atom is -0.494 e. The Balaban J connectivity index is 1.41. The van der Waals surface area contributed by atoms with E-state index in [1.807, 2.05) is 26.8 Å². The Labute approximate surface area is 257 Å². The van der Waals surface area contributed by atoms with Gasteiger partial charge in [0.05, 0.1) is 29.9 Å². The second-order valence-electron chi connectivity index (χ2n) is 10.7. The van der Waals surface area contributed by atoms with E-state index in [1.54, 1.807) is 47.4 Å². The van der Waals surface area contributed by atoms with Crippen molar-refractivity contribution >= 4 is 57.2 Å². The van der Waals surface area contributed by atoms with Crippen molar-refractivity contribution in [1.82, 2.24) is 10.2 Å². The maximum absolute atomic E-state index is 13.7. The van der Waals surface area contributed by atoms with Crippen LogP contribution < -0.4 is 20.7 Å². The minimum absolute atomic E-state index is 0.0402. The summed E-state index contributed by atoms with van der Waals surface area (Å²) in [5, 5.41) is 22.7. The molecule has 0 fully saturated rings. The van der Waals surface area contributed by atoms with Crippen molar-refractivity contribution < 1.29 is 14.3 Å². The van der Waals surface area contributed by atoms with Gasteiger partial charge >= 0.3 is 0 Å². The van der Waals surface area contributed by atoms with Gasteiger partial charge in [0.15, 0.2) is 10.1 Å². The molecule has 0 bridgehead atoms. The number of thioether (sulfide) groups is 1. The standard InChI is InChI=1S/C30H29ClN6O3S2/c1-4-40-20-10-8-19(9-11-20)34-24(39)16-41-29-36-35-28(42-29)37-22-13-30(2,3)14-23(38)26(22)25(21(15-32)27(37)33)17-6-5-7-18(31)12-17/h5-12,25H,4,13-14,16,33H2,1-3H3,(H,34,39). The lowest BCUT2D eigenvalue weighted by Crippen LogP contribution is -2.42. The number of ether oxygens (including phenoxy) is 1. The van der Waals surface area contributed by atoms with E-state index in [9.17, 15) is 14.9 Å². The third-order valence-electron chi connectivity index (χ3n) is 6.93. The average Bonchev–Trinajstić information content (AvgIpc) is 3.40. The van der Waals surface area contributed by atoms with E-state index in [4.69, 9.17) is 22.1 Å². The quantitative estimate of drug-likeness (QED) is 0.280. The lowest BCUT2D eigenvalue weighted by molar-refractivity contribution is -0.118. The number of allylic oxidation sites excluding steroid dienone is 3. The minimum atomic E-state index is -0.628. The number of benzene rings is 2. The first-order valence-corrected chi connectivity index (χ1v) is 15.5. The molecule has 1 aliphatic heterocycles. The summed E-state index contributed by atoms with van der Waals surface area (Å²) < 4.78 is 5.99. The first-order chi connectivity index (χ1) is 20.1. The van der Waals surface area contributed by atoms with Crippen LogP contribution >= 0.6 is 34.7 Å². The molecule has 2 aromatic carbocycles. The number of Topliss-reactive ketones (excluding diaryl/α,β-unsaturated/α-hetero) is 1. The largest absolute Gasteiger partial charge is 0.494 e. The van der Waals surface area contributed by atoms with Gasteiger partial charge in [0.2, 0.25) is 11.0 Å². The third-order valence-corrected chi connectivity index (χ3v) is 9.20. The van der Waals surface area contributed by atoms with Crippen LogP contribution in [0.1, 0.15) is 45.1 Å². The average molecular weight is 621 g/mol. The number of carbonyl (C=O) groups is 2. The zero-order valence-corrected chi connectivity index (χ0v) is 25.7. The number of aromatic nitrogens is 2. The van der Waals surface area contributed by atoms with E-state index in [-0.39, 0.29) is 34.3 Å². The lowest BCUT2D eigenvalue weighted by Gasteiger charge is -2.42. The molecule has 3 N–H and O–H groups in total. The number of nitrogens with two attached hydrogens (primary N) is 1. The highest BCUT2D eigenvalue weighted by Gasteiger charge is 2.45. The number of amides is 1. The van der Waals surface area contributed by atoms with Gasteiger partial charge in [-0.15, -0.1) is 10.2 Å². The second-order valence-corrected chi connectivity index (χ2v) is 13.3. The van der Waals surface area contributed by atoms with Crippen molar-refractivity contribution in [3.05, 3.63) is 81.8 Å². The molecule has 12 heteroatoms. The van der Waals surface area contributed by atoms with E-state index in [1.165, 1.54) is 23.1 Å². The van der Waals surface area contributed by atoms with Gasteiger partial charge < -0.3 is 15.8 Å². The van der Waals surface area contributed by atoms with Crippen molar-refractivity contribution in [2.75, 3.05) is 22.6 Å². The number of halogens is 1. The summed E-state index contributed by atoms with van der Waals surface area (Å²) in [6.45, 7) is 6.54. The summed E-state index contributed by atoms with van der Waals surface area (Å²) >= 11 is 8.79. The van der Waals surface area contributed by atoms with Crippen LogP contribution in [0, 0.1) is 16.7 Å². The Bertz CT molecular complexity index is 1640.